The molecule has 0 bridgehead atoms. The molecule has 1 saturated heterocycles. The van der Waals surface area contributed by atoms with Gasteiger partial charge in [-0.1, -0.05) is 12.1 Å². The largest absolute Gasteiger partial charge is 0.378 e. The van der Waals surface area contributed by atoms with Gasteiger partial charge in [0.15, 0.2) is 9.84 Å². The van der Waals surface area contributed by atoms with Gasteiger partial charge in [0.25, 0.3) is 5.91 Å². The molecule has 2 aromatic rings. The standard InChI is InChI=1S/C19H23N3O4S/c1-14-17(6-7-18(20-14)22-8-10-26-11-9-22)21-19(23)16-5-3-4-15(12-16)13-27(2,24)25/h3-7,12H,8-11,13H2,1-2H3,(H,21,23). The van der Waals surface area contributed by atoms with Crippen LogP contribution >= 0.6 is 0 Å². The Morgan fingerprint density at radius 3 is 2.63 bits per heavy atom. The second-order valence-electron chi connectivity index (χ2n) is 6.63. The molecule has 2 heterocycles. The third-order valence-electron chi connectivity index (χ3n) is 4.27. The number of amides is 1. The first-order valence-electron chi connectivity index (χ1n) is 8.70. The molecule has 7 nitrogen and oxygen atoms in total. The van der Waals surface area contributed by atoms with Gasteiger partial charge in [-0.2, -0.15) is 0 Å². The molecule has 0 spiro atoms. The summed E-state index contributed by atoms with van der Waals surface area (Å²) in [7, 11) is -3.16. The Bertz CT molecular complexity index is 938. The fraction of sp³-hybridized carbons (Fsp3) is 0.368. The summed E-state index contributed by atoms with van der Waals surface area (Å²) in [5, 5.41) is 2.85. The van der Waals surface area contributed by atoms with Gasteiger partial charge in [0.1, 0.15) is 5.82 Å². The van der Waals surface area contributed by atoms with E-state index in [-0.39, 0.29) is 11.7 Å². The molecule has 1 fully saturated rings. The van der Waals surface area contributed by atoms with E-state index < -0.39 is 9.84 Å². The molecular formula is C19H23N3O4S. The van der Waals surface area contributed by atoms with Crippen molar-refractivity contribution in [1.82, 2.24) is 4.98 Å². The Balaban J connectivity index is 1.73. The maximum absolute atomic E-state index is 12.6. The average Bonchev–Trinajstić information content (AvgIpc) is 2.63. The summed E-state index contributed by atoms with van der Waals surface area (Å²) in [5.41, 5.74) is 2.35. The quantitative estimate of drug-likeness (QED) is 0.842. The van der Waals surface area contributed by atoms with Crippen molar-refractivity contribution in [2.24, 2.45) is 0 Å². The van der Waals surface area contributed by atoms with Crippen LogP contribution in [0.4, 0.5) is 11.5 Å². The second-order valence-corrected chi connectivity index (χ2v) is 8.77. The van der Waals surface area contributed by atoms with Crippen molar-refractivity contribution < 1.29 is 17.9 Å². The van der Waals surface area contributed by atoms with Crippen LogP contribution in [0.5, 0.6) is 0 Å². The van der Waals surface area contributed by atoms with Crippen molar-refractivity contribution in [3.05, 3.63) is 53.2 Å². The lowest BCUT2D eigenvalue weighted by Crippen LogP contribution is -2.36. The van der Waals surface area contributed by atoms with Crippen molar-refractivity contribution in [1.29, 1.82) is 0 Å². The normalized spacial score (nSPS) is 14.8. The van der Waals surface area contributed by atoms with Crippen LogP contribution in [-0.4, -0.2) is 51.9 Å². The van der Waals surface area contributed by atoms with Gasteiger partial charge in [0.2, 0.25) is 0 Å². The molecule has 1 aromatic carbocycles. The monoisotopic (exact) mass is 389 g/mol. The van der Waals surface area contributed by atoms with Crippen LogP contribution in [0.2, 0.25) is 0 Å². The number of rotatable bonds is 5. The first-order valence-corrected chi connectivity index (χ1v) is 10.8. The fourth-order valence-electron chi connectivity index (χ4n) is 2.95. The predicted molar refractivity (Wildman–Crippen MR) is 105 cm³/mol. The molecule has 1 aliphatic rings. The lowest BCUT2D eigenvalue weighted by Gasteiger charge is -2.28. The zero-order valence-corrected chi connectivity index (χ0v) is 16.3. The van der Waals surface area contributed by atoms with E-state index >= 15 is 0 Å². The molecule has 1 amide bonds. The van der Waals surface area contributed by atoms with E-state index in [4.69, 9.17) is 4.74 Å². The molecule has 1 aromatic heterocycles. The first-order chi connectivity index (χ1) is 12.8. The molecule has 27 heavy (non-hydrogen) atoms. The lowest BCUT2D eigenvalue weighted by molar-refractivity contribution is 0.102. The minimum atomic E-state index is -3.16. The Morgan fingerprint density at radius 2 is 1.96 bits per heavy atom. The molecule has 1 N–H and O–H groups in total. The first kappa shape index (κ1) is 19.3. The van der Waals surface area contributed by atoms with E-state index in [2.05, 4.69) is 15.2 Å². The fourth-order valence-corrected chi connectivity index (χ4v) is 3.73. The highest BCUT2D eigenvalue weighted by Crippen LogP contribution is 2.20. The van der Waals surface area contributed by atoms with Gasteiger partial charge in [-0.05, 0) is 36.8 Å². The van der Waals surface area contributed by atoms with Crippen LogP contribution in [0.1, 0.15) is 21.6 Å². The van der Waals surface area contributed by atoms with E-state index in [1.165, 1.54) is 6.26 Å². The molecule has 0 radical (unpaired) electrons. The maximum Gasteiger partial charge on any atom is 0.255 e. The summed E-state index contributed by atoms with van der Waals surface area (Å²) in [6, 6.07) is 10.4. The highest BCUT2D eigenvalue weighted by molar-refractivity contribution is 7.89. The third-order valence-corrected chi connectivity index (χ3v) is 5.13. The maximum atomic E-state index is 12.6. The Kier molecular flexibility index (Phi) is 5.76. The van der Waals surface area contributed by atoms with Crippen LogP contribution < -0.4 is 10.2 Å². The number of nitrogens with one attached hydrogen (secondary N) is 1. The van der Waals surface area contributed by atoms with Crippen molar-refractivity contribution >= 4 is 27.2 Å². The number of aromatic nitrogens is 1. The number of morpholine rings is 1. The van der Waals surface area contributed by atoms with E-state index in [1.54, 1.807) is 24.3 Å². The molecule has 0 atom stereocenters. The van der Waals surface area contributed by atoms with Crippen LogP contribution in [-0.2, 0) is 20.3 Å². The molecule has 144 valence electrons. The second kappa shape index (κ2) is 8.06. The summed E-state index contributed by atoms with van der Waals surface area (Å²) >= 11 is 0. The number of hydrogen-bond donors (Lipinski definition) is 1. The van der Waals surface area contributed by atoms with E-state index in [9.17, 15) is 13.2 Å². The summed E-state index contributed by atoms with van der Waals surface area (Å²) in [4.78, 5) is 19.3. The summed E-state index contributed by atoms with van der Waals surface area (Å²) in [6.45, 7) is 4.81. The highest BCUT2D eigenvalue weighted by Gasteiger charge is 2.15. The highest BCUT2D eigenvalue weighted by atomic mass is 32.2. The smallest absolute Gasteiger partial charge is 0.255 e. The number of carbonyl (C=O) groups excluding carboxylic acids is 1. The van der Waals surface area contributed by atoms with E-state index in [0.717, 1.165) is 24.6 Å². The summed E-state index contributed by atoms with van der Waals surface area (Å²) in [6.07, 6.45) is 1.17. The lowest BCUT2D eigenvalue weighted by atomic mass is 10.1. The van der Waals surface area contributed by atoms with Gasteiger partial charge in [-0.25, -0.2) is 13.4 Å². The van der Waals surface area contributed by atoms with Crippen molar-refractivity contribution in [2.75, 3.05) is 42.8 Å². The molecule has 0 unspecified atom stereocenters. The zero-order chi connectivity index (χ0) is 19.4. The number of ether oxygens (including phenoxy) is 1. The van der Waals surface area contributed by atoms with Gasteiger partial charge >= 0.3 is 0 Å². The Morgan fingerprint density at radius 1 is 1.22 bits per heavy atom. The van der Waals surface area contributed by atoms with Crippen LogP contribution in [0, 0.1) is 6.92 Å². The van der Waals surface area contributed by atoms with Crippen LogP contribution in [0.3, 0.4) is 0 Å². The number of nitrogens with zero attached hydrogens (tertiary/aromatic N) is 2. The SMILES string of the molecule is Cc1nc(N2CCOCC2)ccc1NC(=O)c1cccc(CS(C)(=O)=O)c1. The van der Waals surface area contributed by atoms with E-state index in [0.29, 0.717) is 30.0 Å². The number of carbonyl (C=O) groups is 1. The van der Waals surface area contributed by atoms with Crippen LogP contribution in [0.15, 0.2) is 36.4 Å². The number of aryl methyl sites for hydroxylation is 1. The number of pyridine rings is 1. The number of hydrogen-bond acceptors (Lipinski definition) is 6. The van der Waals surface area contributed by atoms with Crippen molar-refractivity contribution in [3.8, 4) is 0 Å². The molecule has 1 aliphatic heterocycles. The van der Waals surface area contributed by atoms with Gasteiger partial charge in [-0.15, -0.1) is 0 Å². The number of sulfone groups is 1. The number of anilines is 2. The van der Waals surface area contributed by atoms with Gasteiger partial charge in [0, 0.05) is 24.9 Å². The van der Waals surface area contributed by atoms with Gasteiger partial charge in [0.05, 0.1) is 30.3 Å². The Labute approximate surface area is 159 Å². The third kappa shape index (κ3) is 5.27. The summed E-state index contributed by atoms with van der Waals surface area (Å²) < 4.78 is 28.3. The Hall–Kier alpha value is -2.45. The molecule has 0 saturated carbocycles. The van der Waals surface area contributed by atoms with Crippen molar-refractivity contribution in [2.45, 2.75) is 12.7 Å². The minimum absolute atomic E-state index is 0.0943. The molecule has 3 rings (SSSR count). The van der Waals surface area contributed by atoms with Crippen LogP contribution in [0.25, 0.3) is 0 Å². The molecule has 0 aliphatic carbocycles. The topological polar surface area (TPSA) is 88.6 Å². The van der Waals surface area contributed by atoms with E-state index in [1.807, 2.05) is 19.1 Å². The number of benzene rings is 1. The summed E-state index contributed by atoms with van der Waals surface area (Å²) in [5.74, 6) is 0.474. The zero-order valence-electron chi connectivity index (χ0n) is 15.4. The van der Waals surface area contributed by atoms with Crippen molar-refractivity contribution in [3.63, 3.8) is 0 Å². The minimum Gasteiger partial charge on any atom is -0.378 e. The van der Waals surface area contributed by atoms with Gasteiger partial charge < -0.3 is 15.0 Å². The predicted octanol–water partition coefficient (Wildman–Crippen LogP) is 2.02. The molecule has 8 heteroatoms. The van der Waals surface area contributed by atoms with Gasteiger partial charge in [-0.3, -0.25) is 4.79 Å². The average molecular weight is 389 g/mol. The molecular weight excluding hydrogens is 366 g/mol.